The van der Waals surface area contributed by atoms with Crippen molar-refractivity contribution in [1.82, 2.24) is 9.88 Å². The molecule has 1 atom stereocenters. The number of nitrogens with one attached hydrogen (secondary N) is 1. The first-order valence-electron chi connectivity index (χ1n) is 11.4. The fourth-order valence-corrected chi connectivity index (χ4v) is 5.06. The van der Waals surface area contributed by atoms with Crippen molar-refractivity contribution in [3.63, 3.8) is 0 Å². The Morgan fingerprint density at radius 2 is 1.74 bits per heavy atom. The molecule has 6 nitrogen and oxygen atoms in total. The number of nitrogens with zero attached hydrogens (tertiary/aromatic N) is 1. The van der Waals surface area contributed by atoms with Crippen molar-refractivity contribution in [3.8, 4) is 0 Å². The number of aromatic nitrogens is 1. The second-order valence-electron chi connectivity index (χ2n) is 8.78. The lowest BCUT2D eigenvalue weighted by atomic mass is 9.92. The molecule has 1 aliphatic rings. The molecular weight excluding hydrogens is 440 g/mol. The summed E-state index contributed by atoms with van der Waals surface area (Å²) in [6, 6.07) is 23.8. The molecular formula is C29H22N2O4. The zero-order valence-corrected chi connectivity index (χ0v) is 19.0. The van der Waals surface area contributed by atoms with Gasteiger partial charge in [-0.25, -0.2) is 0 Å². The number of hydrogen-bond donors (Lipinski definition) is 2. The Hall–Kier alpha value is -4.58. The lowest BCUT2D eigenvalue weighted by Crippen LogP contribution is -2.29. The maximum Gasteiger partial charge on any atom is 0.296 e. The lowest BCUT2D eigenvalue weighted by molar-refractivity contribution is -0.140. The fraction of sp³-hybridized carbons (Fsp3) is 0.103. The lowest BCUT2D eigenvalue weighted by Gasteiger charge is -2.25. The number of benzene rings is 3. The van der Waals surface area contributed by atoms with Crippen molar-refractivity contribution in [2.24, 2.45) is 0 Å². The number of aliphatic hydroxyl groups excluding tert-OH is 1. The highest BCUT2D eigenvalue weighted by atomic mass is 16.3. The summed E-state index contributed by atoms with van der Waals surface area (Å²) in [5, 5.41) is 14.3. The summed E-state index contributed by atoms with van der Waals surface area (Å²) < 4.78 is 5.50. The van der Waals surface area contributed by atoms with Crippen LogP contribution < -0.4 is 0 Å². The Morgan fingerprint density at radius 1 is 0.971 bits per heavy atom. The molecule has 5 aromatic rings. The van der Waals surface area contributed by atoms with Crippen molar-refractivity contribution in [1.29, 1.82) is 0 Å². The Balaban J connectivity index is 1.59. The highest BCUT2D eigenvalue weighted by Gasteiger charge is 2.47. The number of Topliss-reactive ketones (excluding diaryl/α,β-unsaturated/α-hetero) is 1. The molecule has 1 fully saturated rings. The standard InChI is InChI=1S/C29H22N2O4/c1-17-24(22-10-4-5-11-23(22)30-17)26-25(28(33)29(34)31(26)16-21-9-6-14-35-21)27(32)20-13-12-18-7-2-3-8-19(18)15-20/h2-15,26,30,32H,16H2,1H3/b27-25+. The van der Waals surface area contributed by atoms with E-state index in [4.69, 9.17) is 4.42 Å². The number of aromatic amines is 1. The van der Waals surface area contributed by atoms with Gasteiger partial charge in [-0.1, -0.05) is 54.6 Å². The molecule has 35 heavy (non-hydrogen) atoms. The monoisotopic (exact) mass is 462 g/mol. The molecule has 0 saturated carbocycles. The van der Waals surface area contributed by atoms with Crippen molar-refractivity contribution in [3.05, 3.63) is 113 Å². The summed E-state index contributed by atoms with van der Waals surface area (Å²) in [5.74, 6) is -1.01. The number of rotatable bonds is 4. The number of aryl methyl sites for hydroxylation is 1. The molecule has 1 aliphatic heterocycles. The van der Waals surface area contributed by atoms with Crippen LogP contribution in [0.2, 0.25) is 0 Å². The minimum absolute atomic E-state index is 0.0738. The number of furan rings is 1. The van der Waals surface area contributed by atoms with Gasteiger partial charge >= 0.3 is 0 Å². The quantitative estimate of drug-likeness (QED) is 0.199. The summed E-state index contributed by atoms with van der Waals surface area (Å²) in [4.78, 5) is 31.6. The highest BCUT2D eigenvalue weighted by molar-refractivity contribution is 6.46. The summed E-state index contributed by atoms with van der Waals surface area (Å²) in [5.41, 5.74) is 3.07. The van der Waals surface area contributed by atoms with Crippen LogP contribution in [0.25, 0.3) is 27.4 Å². The molecule has 0 bridgehead atoms. The van der Waals surface area contributed by atoms with Crippen LogP contribution in [-0.4, -0.2) is 26.7 Å². The van der Waals surface area contributed by atoms with Crippen molar-refractivity contribution < 1.29 is 19.1 Å². The largest absolute Gasteiger partial charge is 0.507 e. The predicted molar refractivity (Wildman–Crippen MR) is 134 cm³/mol. The number of fused-ring (bicyclic) bond motifs is 2. The summed E-state index contributed by atoms with van der Waals surface area (Å²) in [6.07, 6.45) is 1.53. The van der Waals surface area contributed by atoms with Gasteiger partial charge in [0.25, 0.3) is 11.7 Å². The van der Waals surface area contributed by atoms with E-state index in [0.29, 0.717) is 11.3 Å². The van der Waals surface area contributed by atoms with Gasteiger partial charge < -0.3 is 19.4 Å². The maximum absolute atomic E-state index is 13.4. The molecule has 0 aliphatic carbocycles. The number of aliphatic hydroxyl groups is 1. The average Bonchev–Trinajstić information content (AvgIpc) is 3.56. The summed E-state index contributed by atoms with van der Waals surface area (Å²) in [6.45, 7) is 2.02. The van der Waals surface area contributed by atoms with Gasteiger partial charge in [0.2, 0.25) is 0 Å². The second-order valence-corrected chi connectivity index (χ2v) is 8.78. The van der Waals surface area contributed by atoms with E-state index in [1.54, 1.807) is 18.2 Å². The van der Waals surface area contributed by atoms with Crippen LogP contribution in [0.3, 0.4) is 0 Å². The zero-order chi connectivity index (χ0) is 24.1. The van der Waals surface area contributed by atoms with E-state index in [1.165, 1.54) is 11.2 Å². The van der Waals surface area contributed by atoms with Crippen LogP contribution in [0.15, 0.2) is 95.1 Å². The molecule has 2 N–H and O–H groups in total. The number of carbonyl (C=O) groups is 2. The van der Waals surface area contributed by atoms with Crippen LogP contribution >= 0.6 is 0 Å². The molecule has 6 heteroatoms. The third kappa shape index (κ3) is 3.34. The topological polar surface area (TPSA) is 86.5 Å². The van der Waals surface area contributed by atoms with Gasteiger partial charge in [0.15, 0.2) is 0 Å². The first-order chi connectivity index (χ1) is 17.0. The molecule has 3 aromatic carbocycles. The van der Waals surface area contributed by atoms with Gasteiger partial charge in [-0.2, -0.15) is 0 Å². The number of ketones is 1. The molecule has 172 valence electrons. The number of H-pyrrole nitrogens is 1. The number of hydrogen-bond acceptors (Lipinski definition) is 4. The van der Waals surface area contributed by atoms with Gasteiger partial charge in [-0.3, -0.25) is 9.59 Å². The van der Waals surface area contributed by atoms with E-state index in [0.717, 1.165) is 32.9 Å². The molecule has 1 unspecified atom stereocenters. The van der Waals surface area contributed by atoms with Gasteiger partial charge in [0.1, 0.15) is 11.5 Å². The van der Waals surface area contributed by atoms with Gasteiger partial charge in [0, 0.05) is 27.7 Å². The van der Waals surface area contributed by atoms with Crippen LogP contribution in [0.1, 0.15) is 28.6 Å². The predicted octanol–water partition coefficient (Wildman–Crippen LogP) is 5.84. The third-order valence-corrected chi connectivity index (χ3v) is 6.69. The maximum atomic E-state index is 13.4. The SMILES string of the molecule is Cc1[nH]c2ccccc2c1C1/C(=C(\O)c2ccc3ccccc3c2)C(=O)C(=O)N1Cc1ccco1. The van der Waals surface area contributed by atoms with E-state index >= 15 is 0 Å². The zero-order valence-electron chi connectivity index (χ0n) is 19.0. The first kappa shape index (κ1) is 21.0. The van der Waals surface area contributed by atoms with E-state index in [9.17, 15) is 14.7 Å². The Bertz CT molecular complexity index is 1640. The molecule has 0 radical (unpaired) electrons. The second kappa shape index (κ2) is 8.02. The minimum Gasteiger partial charge on any atom is -0.507 e. The van der Waals surface area contributed by atoms with Crippen molar-refractivity contribution in [2.75, 3.05) is 0 Å². The van der Waals surface area contributed by atoms with E-state index in [-0.39, 0.29) is 17.9 Å². The van der Waals surface area contributed by atoms with Gasteiger partial charge in [-0.15, -0.1) is 0 Å². The third-order valence-electron chi connectivity index (χ3n) is 6.69. The Kier molecular flexibility index (Phi) is 4.81. The molecule has 6 rings (SSSR count). The van der Waals surface area contributed by atoms with Crippen LogP contribution in [0, 0.1) is 6.92 Å². The summed E-state index contributed by atoms with van der Waals surface area (Å²) in [7, 11) is 0. The normalized spacial score (nSPS) is 17.6. The number of para-hydroxylation sites is 1. The Labute approximate surface area is 201 Å². The molecule has 1 saturated heterocycles. The first-order valence-corrected chi connectivity index (χ1v) is 11.4. The number of carbonyl (C=O) groups excluding carboxylic acids is 2. The van der Waals surface area contributed by atoms with Gasteiger partial charge in [-0.05, 0) is 42.0 Å². The van der Waals surface area contributed by atoms with Crippen LogP contribution in [0.4, 0.5) is 0 Å². The van der Waals surface area contributed by atoms with Gasteiger partial charge in [0.05, 0.1) is 24.4 Å². The Morgan fingerprint density at radius 3 is 2.54 bits per heavy atom. The van der Waals surface area contributed by atoms with E-state index in [2.05, 4.69) is 4.98 Å². The summed E-state index contributed by atoms with van der Waals surface area (Å²) >= 11 is 0. The average molecular weight is 463 g/mol. The molecule has 2 aromatic heterocycles. The smallest absolute Gasteiger partial charge is 0.296 e. The van der Waals surface area contributed by atoms with E-state index < -0.39 is 17.7 Å². The molecule has 1 amide bonds. The minimum atomic E-state index is -0.775. The van der Waals surface area contributed by atoms with E-state index in [1.807, 2.05) is 67.6 Å². The fourth-order valence-electron chi connectivity index (χ4n) is 5.06. The van der Waals surface area contributed by atoms with Crippen molar-refractivity contribution >= 4 is 39.1 Å². The van der Waals surface area contributed by atoms with Crippen LogP contribution in [-0.2, 0) is 16.1 Å². The highest BCUT2D eigenvalue weighted by Crippen LogP contribution is 2.44. The molecule has 3 heterocycles. The number of amides is 1. The molecule has 0 spiro atoms. The number of likely N-dealkylation sites (tertiary alicyclic amines) is 1. The van der Waals surface area contributed by atoms with Crippen molar-refractivity contribution in [2.45, 2.75) is 19.5 Å². The van der Waals surface area contributed by atoms with Crippen LogP contribution in [0.5, 0.6) is 0 Å².